The van der Waals surface area contributed by atoms with E-state index in [0.29, 0.717) is 33.6 Å². The van der Waals surface area contributed by atoms with Gasteiger partial charge in [0, 0.05) is 43.0 Å². The number of hydrogen-bond acceptors (Lipinski definition) is 5. The van der Waals surface area contributed by atoms with Gasteiger partial charge >= 0.3 is 5.69 Å². The van der Waals surface area contributed by atoms with Crippen LogP contribution in [-0.2, 0) is 20.7 Å². The number of nitrogens with zero attached hydrogens (tertiary/aromatic N) is 4. The van der Waals surface area contributed by atoms with Crippen LogP contribution in [0.1, 0.15) is 11.1 Å². The lowest BCUT2D eigenvalue weighted by molar-refractivity contribution is -0.385. The first kappa shape index (κ1) is 20.3. The van der Waals surface area contributed by atoms with E-state index >= 15 is 0 Å². The maximum atomic E-state index is 13.1. The van der Waals surface area contributed by atoms with Crippen molar-refractivity contribution in [3.05, 3.63) is 90.7 Å². The maximum Gasteiger partial charge on any atom is 0.330 e. The first-order valence-electron chi connectivity index (χ1n) is 9.52. The molecule has 9 heteroatoms. The van der Waals surface area contributed by atoms with Gasteiger partial charge in [-0.25, -0.2) is 4.79 Å². The Balaban J connectivity index is 2.22. The number of para-hydroxylation sites is 1. The van der Waals surface area contributed by atoms with Crippen LogP contribution in [0.5, 0.6) is 0 Å². The normalized spacial score (nSPS) is 11.2. The van der Waals surface area contributed by atoms with Gasteiger partial charge in [-0.2, -0.15) is 0 Å². The van der Waals surface area contributed by atoms with Crippen LogP contribution >= 0.6 is 0 Å². The number of aryl methyl sites for hydroxylation is 2. The number of benzene rings is 2. The second-order valence-corrected chi connectivity index (χ2v) is 7.36. The van der Waals surface area contributed by atoms with Gasteiger partial charge in [0.2, 0.25) is 0 Å². The zero-order valence-electron chi connectivity index (χ0n) is 17.2. The van der Waals surface area contributed by atoms with Crippen molar-refractivity contribution < 1.29 is 10.0 Å². The molecule has 2 heterocycles. The fourth-order valence-electron chi connectivity index (χ4n) is 3.85. The van der Waals surface area contributed by atoms with Crippen molar-refractivity contribution in [3.63, 3.8) is 0 Å². The van der Waals surface area contributed by atoms with Gasteiger partial charge in [0.15, 0.2) is 0 Å². The van der Waals surface area contributed by atoms with Gasteiger partial charge in [0.25, 0.3) is 11.2 Å². The third-order valence-corrected chi connectivity index (χ3v) is 5.54. The summed E-state index contributed by atoms with van der Waals surface area (Å²) in [5, 5.41) is 21.6. The summed E-state index contributed by atoms with van der Waals surface area (Å²) in [5.41, 5.74) is 1.90. The van der Waals surface area contributed by atoms with Crippen LogP contribution in [0.15, 0.2) is 58.3 Å². The van der Waals surface area contributed by atoms with Gasteiger partial charge in [0.1, 0.15) is 0 Å². The highest BCUT2D eigenvalue weighted by Gasteiger charge is 2.23. The molecule has 2 aromatic carbocycles. The number of hydrogen-bond donors (Lipinski definition) is 1. The number of rotatable bonds is 4. The lowest BCUT2D eigenvalue weighted by atomic mass is 10.0. The molecule has 0 amide bonds. The average Bonchev–Trinajstić information content (AvgIpc) is 3.17. The summed E-state index contributed by atoms with van der Waals surface area (Å²) in [4.78, 5) is 36.7. The molecule has 0 saturated heterocycles. The summed E-state index contributed by atoms with van der Waals surface area (Å²) in [6.07, 6.45) is 1.65. The lowest BCUT2D eigenvalue weighted by Crippen LogP contribution is -2.36. The topological polar surface area (TPSA) is 112 Å². The summed E-state index contributed by atoms with van der Waals surface area (Å²) in [7, 11) is 2.96. The van der Waals surface area contributed by atoms with Crippen LogP contribution in [0, 0.1) is 17.0 Å². The first-order chi connectivity index (χ1) is 14.8. The Morgan fingerprint density at radius 3 is 2.45 bits per heavy atom. The minimum Gasteiger partial charge on any atom is -0.392 e. The zero-order chi connectivity index (χ0) is 22.4. The van der Waals surface area contributed by atoms with Gasteiger partial charge < -0.3 is 9.67 Å². The molecule has 4 rings (SSSR count). The van der Waals surface area contributed by atoms with Gasteiger partial charge in [-0.05, 0) is 13.0 Å². The van der Waals surface area contributed by atoms with E-state index in [4.69, 9.17) is 0 Å². The molecule has 9 nitrogen and oxygen atoms in total. The number of nitro groups is 1. The molecule has 0 aliphatic carbocycles. The Morgan fingerprint density at radius 1 is 1.06 bits per heavy atom. The van der Waals surface area contributed by atoms with Crippen molar-refractivity contribution in [1.82, 2.24) is 13.7 Å². The monoisotopic (exact) mass is 420 g/mol. The SMILES string of the molecule is Cc1ccc(-c2c3c(=O)n(C)c(=O)n(C)c3cn2-c2ccccc2CO)cc1[N+](=O)[O-]. The molecule has 4 aromatic rings. The molecule has 2 aromatic heterocycles. The van der Waals surface area contributed by atoms with Crippen molar-refractivity contribution in [2.75, 3.05) is 0 Å². The Hall–Kier alpha value is -3.98. The molecule has 31 heavy (non-hydrogen) atoms. The van der Waals surface area contributed by atoms with Crippen LogP contribution in [0.25, 0.3) is 27.8 Å². The summed E-state index contributed by atoms with van der Waals surface area (Å²) in [6, 6.07) is 11.9. The summed E-state index contributed by atoms with van der Waals surface area (Å²) >= 11 is 0. The van der Waals surface area contributed by atoms with E-state index < -0.39 is 16.2 Å². The lowest BCUT2D eigenvalue weighted by Gasteiger charge is -2.13. The molecule has 0 aliphatic rings. The molecule has 1 N–H and O–H groups in total. The predicted molar refractivity (Wildman–Crippen MR) is 117 cm³/mol. The largest absolute Gasteiger partial charge is 0.392 e. The van der Waals surface area contributed by atoms with Gasteiger partial charge in [0.05, 0.1) is 33.8 Å². The number of aromatic nitrogens is 3. The van der Waals surface area contributed by atoms with Crippen LogP contribution in [0.2, 0.25) is 0 Å². The minimum absolute atomic E-state index is 0.0736. The molecule has 158 valence electrons. The average molecular weight is 420 g/mol. The summed E-state index contributed by atoms with van der Waals surface area (Å²) in [6.45, 7) is 1.40. The molecular formula is C22H20N4O5. The molecular weight excluding hydrogens is 400 g/mol. The second-order valence-electron chi connectivity index (χ2n) is 7.36. The van der Waals surface area contributed by atoms with Crippen molar-refractivity contribution in [2.45, 2.75) is 13.5 Å². The van der Waals surface area contributed by atoms with E-state index in [1.807, 2.05) is 0 Å². The van der Waals surface area contributed by atoms with Crippen molar-refractivity contribution in [2.24, 2.45) is 14.1 Å². The van der Waals surface area contributed by atoms with E-state index in [2.05, 4.69) is 0 Å². The molecule has 0 spiro atoms. The Bertz CT molecular complexity index is 1480. The van der Waals surface area contributed by atoms with E-state index in [1.54, 1.807) is 61.1 Å². The predicted octanol–water partition coefficient (Wildman–Crippen LogP) is 2.40. The molecule has 0 radical (unpaired) electrons. The number of nitro benzene ring substituents is 1. The zero-order valence-corrected chi connectivity index (χ0v) is 17.2. The van der Waals surface area contributed by atoms with Crippen molar-refractivity contribution in [1.29, 1.82) is 0 Å². The van der Waals surface area contributed by atoms with Gasteiger partial charge in [-0.3, -0.25) is 24.0 Å². The van der Waals surface area contributed by atoms with E-state index in [0.717, 1.165) is 4.57 Å². The van der Waals surface area contributed by atoms with Gasteiger partial charge in [-0.1, -0.05) is 30.3 Å². The summed E-state index contributed by atoms with van der Waals surface area (Å²) in [5.74, 6) is 0. The highest BCUT2D eigenvalue weighted by atomic mass is 16.6. The first-order valence-corrected chi connectivity index (χ1v) is 9.52. The number of fused-ring (bicyclic) bond motifs is 1. The van der Waals surface area contributed by atoms with Crippen LogP contribution in [-0.4, -0.2) is 23.7 Å². The fourth-order valence-corrected chi connectivity index (χ4v) is 3.85. The van der Waals surface area contributed by atoms with Crippen molar-refractivity contribution in [3.8, 4) is 16.9 Å². The third kappa shape index (κ3) is 3.06. The smallest absolute Gasteiger partial charge is 0.330 e. The van der Waals surface area contributed by atoms with Gasteiger partial charge in [-0.15, -0.1) is 0 Å². The minimum atomic E-state index is -0.503. The molecule has 0 fully saturated rings. The molecule has 0 atom stereocenters. The van der Waals surface area contributed by atoms with Crippen LogP contribution < -0.4 is 11.2 Å². The van der Waals surface area contributed by atoms with Crippen molar-refractivity contribution >= 4 is 16.6 Å². The van der Waals surface area contributed by atoms with E-state index in [-0.39, 0.29) is 17.7 Å². The number of aliphatic hydroxyl groups excluding tert-OH is 1. The van der Waals surface area contributed by atoms with Crippen LogP contribution in [0.4, 0.5) is 5.69 Å². The Labute approximate surface area is 176 Å². The second kappa shape index (κ2) is 7.37. The van der Waals surface area contributed by atoms with Crippen LogP contribution in [0.3, 0.4) is 0 Å². The quantitative estimate of drug-likeness (QED) is 0.402. The number of aliphatic hydroxyl groups is 1. The molecule has 0 aliphatic heterocycles. The van der Waals surface area contributed by atoms with E-state index in [9.17, 15) is 24.8 Å². The Kier molecular flexibility index (Phi) is 4.82. The molecule has 0 bridgehead atoms. The highest BCUT2D eigenvalue weighted by Crippen LogP contribution is 2.34. The molecule has 0 unspecified atom stereocenters. The molecule has 0 saturated carbocycles. The fraction of sp³-hybridized carbons (Fsp3) is 0.182. The highest BCUT2D eigenvalue weighted by molar-refractivity contribution is 5.95. The standard InChI is InChI=1S/C22H20N4O5/c1-13-8-9-14(10-17(13)26(30)31)20-19-18(23(2)22(29)24(3)21(19)28)11-25(20)16-7-5-4-6-15(16)12-27/h4-11,27H,12H2,1-3H3. The summed E-state index contributed by atoms with van der Waals surface area (Å²) < 4.78 is 4.07. The van der Waals surface area contributed by atoms with E-state index in [1.165, 1.54) is 17.7 Å². The Morgan fingerprint density at radius 2 is 1.77 bits per heavy atom. The third-order valence-electron chi connectivity index (χ3n) is 5.54. The maximum absolute atomic E-state index is 13.1.